The number of rotatable bonds is 3. The first-order valence-corrected chi connectivity index (χ1v) is 10.9. The van der Waals surface area contributed by atoms with Gasteiger partial charge in [-0.15, -0.1) is 0 Å². The standard InChI is InChI=1S/C24H22FN5O3/c1-13-18(12-29-23-22(13)27-5-6-32-23)17-7-15-9-21(28-11-16(15)8-19(17)25)30-24(31)33-20-4-2-3-14(20)10-26/h7-9,11-12,14,20,27H,2-6H2,1H3,(H,28,30,31)/t14-,20+/m0/s1. The number of benzene rings is 1. The first-order chi connectivity index (χ1) is 16.0. The molecule has 2 aliphatic rings. The Morgan fingerprint density at radius 3 is 2.97 bits per heavy atom. The molecule has 0 bridgehead atoms. The second-order valence-electron chi connectivity index (χ2n) is 8.24. The largest absolute Gasteiger partial charge is 0.474 e. The molecule has 1 aromatic carbocycles. The molecule has 9 heteroatoms. The van der Waals surface area contributed by atoms with Crippen LogP contribution in [0.15, 0.2) is 30.6 Å². The van der Waals surface area contributed by atoms with Crippen molar-refractivity contribution in [3.8, 4) is 23.1 Å². The Morgan fingerprint density at radius 2 is 2.12 bits per heavy atom. The second kappa shape index (κ2) is 8.54. The molecule has 1 saturated carbocycles. The van der Waals surface area contributed by atoms with Gasteiger partial charge in [0.05, 0.1) is 12.0 Å². The van der Waals surface area contributed by atoms with E-state index >= 15 is 4.39 Å². The van der Waals surface area contributed by atoms with Gasteiger partial charge in [0, 0.05) is 35.5 Å². The number of ether oxygens (including phenoxy) is 2. The number of aromatic nitrogens is 2. The number of hydrogen-bond acceptors (Lipinski definition) is 7. The van der Waals surface area contributed by atoms with Crippen molar-refractivity contribution in [2.24, 2.45) is 5.92 Å². The van der Waals surface area contributed by atoms with Crippen molar-refractivity contribution in [1.82, 2.24) is 9.97 Å². The summed E-state index contributed by atoms with van der Waals surface area (Å²) in [7, 11) is 0. The molecule has 33 heavy (non-hydrogen) atoms. The molecule has 3 heterocycles. The Labute approximate surface area is 189 Å². The number of hydrogen-bond donors (Lipinski definition) is 2. The van der Waals surface area contributed by atoms with E-state index in [4.69, 9.17) is 14.7 Å². The monoisotopic (exact) mass is 447 g/mol. The van der Waals surface area contributed by atoms with Gasteiger partial charge in [-0.25, -0.2) is 19.2 Å². The molecule has 1 fully saturated rings. The highest BCUT2D eigenvalue weighted by Gasteiger charge is 2.30. The molecule has 168 valence electrons. The van der Waals surface area contributed by atoms with Crippen LogP contribution in [0.3, 0.4) is 0 Å². The Morgan fingerprint density at radius 1 is 1.24 bits per heavy atom. The molecule has 0 radical (unpaired) electrons. The number of carbonyl (C=O) groups is 1. The minimum atomic E-state index is -0.655. The molecule has 1 aliphatic heterocycles. The molecule has 8 nitrogen and oxygen atoms in total. The number of nitrogens with zero attached hydrogens (tertiary/aromatic N) is 3. The third-order valence-electron chi connectivity index (χ3n) is 6.15. The van der Waals surface area contributed by atoms with Gasteiger partial charge in [-0.1, -0.05) is 0 Å². The van der Waals surface area contributed by atoms with Gasteiger partial charge in [-0.05, 0) is 55.3 Å². The van der Waals surface area contributed by atoms with Gasteiger partial charge in [0.25, 0.3) is 0 Å². The number of halogens is 1. The average molecular weight is 447 g/mol. The summed E-state index contributed by atoms with van der Waals surface area (Å²) in [5, 5.41) is 16.3. The van der Waals surface area contributed by atoms with Crippen molar-refractivity contribution in [3.05, 3.63) is 42.0 Å². The third kappa shape index (κ3) is 4.00. The van der Waals surface area contributed by atoms with E-state index in [2.05, 4.69) is 26.7 Å². The van der Waals surface area contributed by atoms with Gasteiger partial charge < -0.3 is 14.8 Å². The van der Waals surface area contributed by atoms with Crippen LogP contribution >= 0.6 is 0 Å². The zero-order valence-electron chi connectivity index (χ0n) is 18.0. The highest BCUT2D eigenvalue weighted by Crippen LogP contribution is 2.37. The molecule has 2 atom stereocenters. The van der Waals surface area contributed by atoms with Crippen LogP contribution in [0.5, 0.6) is 5.88 Å². The number of pyridine rings is 2. The molecule has 0 saturated heterocycles. The average Bonchev–Trinajstić information content (AvgIpc) is 3.26. The maximum atomic E-state index is 15.0. The zero-order valence-corrected chi connectivity index (χ0v) is 18.0. The number of fused-ring (bicyclic) bond motifs is 2. The number of nitriles is 1. The SMILES string of the molecule is Cc1c(-c2cc3cc(NC(=O)O[C@@H]4CCC[C@H]4C#N)ncc3cc2F)cnc2c1NCCO2. The van der Waals surface area contributed by atoms with Gasteiger partial charge >= 0.3 is 6.09 Å². The van der Waals surface area contributed by atoms with Crippen LogP contribution in [0.1, 0.15) is 24.8 Å². The first kappa shape index (κ1) is 20.9. The zero-order chi connectivity index (χ0) is 22.9. The fourth-order valence-electron chi connectivity index (χ4n) is 4.42. The topological polar surface area (TPSA) is 109 Å². The summed E-state index contributed by atoms with van der Waals surface area (Å²) in [6.45, 7) is 3.09. The molecule has 5 rings (SSSR count). The van der Waals surface area contributed by atoms with Crippen LogP contribution in [0.25, 0.3) is 21.9 Å². The summed E-state index contributed by atoms with van der Waals surface area (Å²) < 4.78 is 26.0. The van der Waals surface area contributed by atoms with Gasteiger partial charge in [-0.3, -0.25) is 5.32 Å². The Balaban J connectivity index is 1.43. The molecule has 0 spiro atoms. The van der Waals surface area contributed by atoms with Crippen molar-refractivity contribution in [2.45, 2.75) is 32.3 Å². The molecule has 2 N–H and O–H groups in total. The Kier molecular flexibility index (Phi) is 5.42. The predicted octanol–water partition coefficient (Wildman–Crippen LogP) is 4.79. The third-order valence-corrected chi connectivity index (χ3v) is 6.15. The maximum Gasteiger partial charge on any atom is 0.413 e. The van der Waals surface area contributed by atoms with Crippen LogP contribution in [-0.4, -0.2) is 35.3 Å². The lowest BCUT2D eigenvalue weighted by Crippen LogP contribution is -2.25. The lowest BCUT2D eigenvalue weighted by atomic mass is 9.98. The molecule has 1 aliphatic carbocycles. The van der Waals surface area contributed by atoms with E-state index in [0.29, 0.717) is 47.4 Å². The van der Waals surface area contributed by atoms with E-state index in [1.807, 2.05) is 6.92 Å². The van der Waals surface area contributed by atoms with Gasteiger partial charge in [0.1, 0.15) is 30.0 Å². The molecule has 2 aromatic heterocycles. The minimum Gasteiger partial charge on any atom is -0.474 e. The molecule has 1 amide bonds. The van der Waals surface area contributed by atoms with Gasteiger partial charge in [0.15, 0.2) is 0 Å². The Bertz CT molecular complexity index is 1290. The molecule has 0 unspecified atom stereocenters. The van der Waals surface area contributed by atoms with E-state index in [9.17, 15) is 4.79 Å². The highest BCUT2D eigenvalue weighted by atomic mass is 19.1. The van der Waals surface area contributed by atoms with Crippen LogP contribution in [0.4, 0.5) is 20.7 Å². The second-order valence-corrected chi connectivity index (χ2v) is 8.24. The van der Waals surface area contributed by atoms with Crippen LogP contribution in [0.2, 0.25) is 0 Å². The van der Waals surface area contributed by atoms with E-state index in [1.165, 1.54) is 12.3 Å². The molecular weight excluding hydrogens is 425 g/mol. The summed E-state index contributed by atoms with van der Waals surface area (Å²) in [6.07, 6.45) is 4.31. The fraction of sp³-hybridized carbons (Fsp3) is 0.333. The number of anilines is 2. The van der Waals surface area contributed by atoms with Gasteiger partial charge in [-0.2, -0.15) is 5.26 Å². The van der Waals surface area contributed by atoms with Crippen LogP contribution in [-0.2, 0) is 4.74 Å². The lowest BCUT2D eigenvalue weighted by molar-refractivity contribution is 0.0999. The normalized spacial score (nSPS) is 19.2. The molecule has 3 aromatic rings. The number of nitrogens with one attached hydrogen (secondary N) is 2. The minimum absolute atomic E-state index is 0.279. The summed E-state index contributed by atoms with van der Waals surface area (Å²) in [5.41, 5.74) is 2.66. The van der Waals surface area contributed by atoms with E-state index < -0.39 is 18.0 Å². The van der Waals surface area contributed by atoms with E-state index in [0.717, 1.165) is 24.1 Å². The van der Waals surface area contributed by atoms with Crippen molar-refractivity contribution < 1.29 is 18.7 Å². The highest BCUT2D eigenvalue weighted by molar-refractivity contribution is 5.92. The maximum absolute atomic E-state index is 15.0. The quantitative estimate of drug-likeness (QED) is 0.594. The van der Waals surface area contributed by atoms with E-state index in [-0.39, 0.29) is 11.7 Å². The molecular formula is C24H22FN5O3. The lowest BCUT2D eigenvalue weighted by Gasteiger charge is -2.21. The van der Waals surface area contributed by atoms with Crippen molar-refractivity contribution >= 4 is 28.4 Å². The number of carbonyl (C=O) groups excluding carboxylic acids is 1. The van der Waals surface area contributed by atoms with Crippen molar-refractivity contribution in [2.75, 3.05) is 23.8 Å². The fourth-order valence-corrected chi connectivity index (χ4v) is 4.42. The summed E-state index contributed by atoms with van der Waals surface area (Å²) >= 11 is 0. The smallest absolute Gasteiger partial charge is 0.413 e. The summed E-state index contributed by atoms with van der Waals surface area (Å²) in [6, 6.07) is 6.98. The summed E-state index contributed by atoms with van der Waals surface area (Å²) in [4.78, 5) is 20.9. The van der Waals surface area contributed by atoms with Crippen molar-refractivity contribution in [1.29, 1.82) is 5.26 Å². The predicted molar refractivity (Wildman–Crippen MR) is 120 cm³/mol. The Hall–Kier alpha value is -3.93. The summed E-state index contributed by atoms with van der Waals surface area (Å²) in [5.74, 6) is 0.125. The number of amides is 1. The van der Waals surface area contributed by atoms with Crippen LogP contribution in [0, 0.1) is 30.0 Å². The van der Waals surface area contributed by atoms with Crippen molar-refractivity contribution in [3.63, 3.8) is 0 Å². The van der Waals surface area contributed by atoms with Gasteiger partial charge in [0.2, 0.25) is 5.88 Å². The van der Waals surface area contributed by atoms with E-state index in [1.54, 1.807) is 18.3 Å². The first-order valence-electron chi connectivity index (χ1n) is 10.9. The van der Waals surface area contributed by atoms with Crippen LogP contribution < -0.4 is 15.4 Å².